The Hall–Kier alpha value is -2.45. The molecular weight excluding hydrogens is 364 g/mol. The summed E-state index contributed by atoms with van der Waals surface area (Å²) in [7, 11) is 1.78. The Morgan fingerprint density at radius 3 is 2.93 bits per heavy atom. The summed E-state index contributed by atoms with van der Waals surface area (Å²) in [5.41, 5.74) is 0.797. The molecule has 3 saturated heterocycles. The SMILES string of the molecule is CNc1nc(C(=O)N2CC[C@@]34OC[C@@H](c5ccccc5)N3C(=O)C[C@@H]24)cs1. The number of carbonyl (C=O) groups is 2. The smallest absolute Gasteiger partial charge is 0.273 e. The molecule has 3 fully saturated rings. The molecule has 140 valence electrons. The zero-order valence-electron chi connectivity index (χ0n) is 14.9. The molecule has 1 aromatic heterocycles. The number of hydrogen-bond donors (Lipinski definition) is 1. The van der Waals surface area contributed by atoms with Gasteiger partial charge in [-0.3, -0.25) is 9.59 Å². The van der Waals surface area contributed by atoms with Gasteiger partial charge in [-0.2, -0.15) is 0 Å². The quantitative estimate of drug-likeness (QED) is 0.877. The molecule has 4 heterocycles. The fraction of sp³-hybridized carbons (Fsp3) is 0.421. The fourth-order valence-electron chi connectivity index (χ4n) is 4.64. The van der Waals surface area contributed by atoms with Crippen LogP contribution in [0.25, 0.3) is 0 Å². The van der Waals surface area contributed by atoms with Crippen LogP contribution in [0.1, 0.15) is 34.9 Å². The first-order chi connectivity index (χ1) is 13.1. The van der Waals surface area contributed by atoms with E-state index in [1.165, 1.54) is 11.3 Å². The molecule has 3 aliphatic heterocycles. The second kappa shape index (κ2) is 6.03. The van der Waals surface area contributed by atoms with E-state index in [4.69, 9.17) is 4.74 Å². The number of nitrogens with one attached hydrogen (secondary N) is 1. The zero-order valence-corrected chi connectivity index (χ0v) is 15.7. The Morgan fingerprint density at radius 1 is 1.37 bits per heavy atom. The van der Waals surface area contributed by atoms with Crippen molar-refractivity contribution in [2.45, 2.75) is 30.7 Å². The van der Waals surface area contributed by atoms with Gasteiger partial charge in [0.2, 0.25) is 5.91 Å². The number of aromatic nitrogens is 1. The summed E-state index contributed by atoms with van der Waals surface area (Å²) in [5, 5.41) is 5.42. The lowest BCUT2D eigenvalue weighted by molar-refractivity contribution is -0.138. The molecule has 3 atom stereocenters. The zero-order chi connectivity index (χ0) is 18.6. The van der Waals surface area contributed by atoms with Crippen LogP contribution in [0.15, 0.2) is 35.7 Å². The van der Waals surface area contributed by atoms with Gasteiger partial charge in [0.05, 0.1) is 25.1 Å². The second-order valence-electron chi connectivity index (χ2n) is 7.10. The van der Waals surface area contributed by atoms with E-state index in [9.17, 15) is 9.59 Å². The van der Waals surface area contributed by atoms with Gasteiger partial charge >= 0.3 is 0 Å². The van der Waals surface area contributed by atoms with Crippen molar-refractivity contribution >= 4 is 28.3 Å². The van der Waals surface area contributed by atoms with Crippen molar-refractivity contribution in [2.24, 2.45) is 0 Å². The monoisotopic (exact) mass is 384 g/mol. The standard InChI is InChI=1S/C19H20N4O3S/c1-20-18-21-13(11-27-18)17(25)22-8-7-19-15(22)9-16(24)23(19)14(10-26-19)12-5-3-2-4-6-12/h2-6,11,14-15H,7-10H2,1H3,(H,20,21)/t14-,15+,19-/m0/s1. The van der Waals surface area contributed by atoms with Crippen LogP contribution in [0.5, 0.6) is 0 Å². The van der Waals surface area contributed by atoms with E-state index in [-0.39, 0.29) is 23.9 Å². The van der Waals surface area contributed by atoms with Crippen LogP contribution >= 0.6 is 11.3 Å². The number of carbonyl (C=O) groups excluding carboxylic acids is 2. The van der Waals surface area contributed by atoms with Gasteiger partial charge in [0.1, 0.15) is 5.69 Å². The predicted octanol–water partition coefficient (Wildman–Crippen LogP) is 2.10. The first-order valence-corrected chi connectivity index (χ1v) is 9.97. The van der Waals surface area contributed by atoms with Gasteiger partial charge in [0.25, 0.3) is 5.91 Å². The number of ether oxygens (including phenoxy) is 1. The van der Waals surface area contributed by atoms with Crippen LogP contribution < -0.4 is 5.32 Å². The molecule has 0 aliphatic carbocycles. The van der Waals surface area contributed by atoms with Gasteiger partial charge < -0.3 is 19.9 Å². The molecule has 1 aromatic carbocycles. The van der Waals surface area contributed by atoms with Gasteiger partial charge in [0, 0.05) is 25.4 Å². The van der Waals surface area contributed by atoms with Crippen molar-refractivity contribution in [3.05, 3.63) is 47.0 Å². The van der Waals surface area contributed by atoms with E-state index in [0.717, 1.165) is 5.56 Å². The van der Waals surface area contributed by atoms with Crippen molar-refractivity contribution in [1.82, 2.24) is 14.8 Å². The maximum atomic E-state index is 13.0. The molecule has 0 saturated carbocycles. The van der Waals surface area contributed by atoms with Gasteiger partial charge in [0.15, 0.2) is 10.9 Å². The van der Waals surface area contributed by atoms with Crippen molar-refractivity contribution < 1.29 is 14.3 Å². The fourth-order valence-corrected chi connectivity index (χ4v) is 5.29. The highest BCUT2D eigenvalue weighted by Crippen LogP contribution is 2.51. The van der Waals surface area contributed by atoms with Gasteiger partial charge in [-0.25, -0.2) is 4.98 Å². The molecule has 1 spiro atoms. The number of nitrogens with zero attached hydrogens (tertiary/aromatic N) is 3. The summed E-state index contributed by atoms with van der Waals surface area (Å²) < 4.78 is 6.25. The first-order valence-electron chi connectivity index (χ1n) is 9.09. The molecule has 7 nitrogen and oxygen atoms in total. The highest BCUT2D eigenvalue weighted by molar-refractivity contribution is 7.13. The third-order valence-electron chi connectivity index (χ3n) is 5.84. The number of thiazole rings is 1. The minimum absolute atomic E-state index is 0.0537. The van der Waals surface area contributed by atoms with Crippen LogP contribution in [0, 0.1) is 0 Å². The largest absolute Gasteiger partial charge is 0.365 e. The minimum Gasteiger partial charge on any atom is -0.365 e. The number of rotatable bonds is 3. The number of anilines is 1. The molecular formula is C19H20N4O3S. The molecule has 2 aromatic rings. The van der Waals surface area contributed by atoms with E-state index in [0.29, 0.717) is 36.8 Å². The molecule has 1 N–H and O–H groups in total. The molecule has 5 rings (SSSR count). The summed E-state index contributed by atoms with van der Waals surface area (Å²) in [6.07, 6.45) is 0.944. The number of benzene rings is 1. The van der Waals surface area contributed by atoms with Crippen molar-refractivity contribution in [3.63, 3.8) is 0 Å². The average Bonchev–Trinajstić information content (AvgIpc) is 3.43. The molecule has 27 heavy (non-hydrogen) atoms. The normalized spacial score (nSPS) is 29.1. The Morgan fingerprint density at radius 2 is 2.19 bits per heavy atom. The summed E-state index contributed by atoms with van der Waals surface area (Å²) in [5.74, 6) is -0.0749. The van der Waals surface area contributed by atoms with Crippen molar-refractivity contribution in [2.75, 3.05) is 25.5 Å². The highest BCUT2D eigenvalue weighted by Gasteiger charge is 2.65. The van der Waals surface area contributed by atoms with Crippen molar-refractivity contribution in [3.8, 4) is 0 Å². The Labute approximate surface area is 160 Å². The molecule has 3 aliphatic rings. The topological polar surface area (TPSA) is 74.8 Å². The van der Waals surface area contributed by atoms with Crippen LogP contribution in [-0.4, -0.2) is 58.6 Å². The Balaban J connectivity index is 1.44. The number of likely N-dealkylation sites (tertiary alicyclic amines) is 1. The van der Waals surface area contributed by atoms with Gasteiger partial charge in [-0.15, -0.1) is 11.3 Å². The van der Waals surface area contributed by atoms with Crippen LogP contribution in [0.2, 0.25) is 0 Å². The molecule has 0 unspecified atom stereocenters. The van der Waals surface area contributed by atoms with E-state index in [1.807, 2.05) is 35.2 Å². The summed E-state index contributed by atoms with van der Waals surface area (Å²) in [6.45, 7) is 1.04. The summed E-state index contributed by atoms with van der Waals surface area (Å²) in [6, 6.07) is 9.63. The van der Waals surface area contributed by atoms with E-state index >= 15 is 0 Å². The lowest BCUT2D eigenvalue weighted by Gasteiger charge is -2.33. The third kappa shape index (κ3) is 2.33. The maximum absolute atomic E-state index is 13.0. The minimum atomic E-state index is -0.699. The number of amides is 2. The van der Waals surface area contributed by atoms with Crippen LogP contribution in [0.3, 0.4) is 0 Å². The number of hydrogen-bond acceptors (Lipinski definition) is 6. The molecule has 8 heteroatoms. The lowest BCUT2D eigenvalue weighted by Crippen LogP contribution is -2.49. The first kappa shape index (κ1) is 16.7. The van der Waals surface area contributed by atoms with Gasteiger partial charge in [-0.05, 0) is 5.56 Å². The van der Waals surface area contributed by atoms with E-state index in [2.05, 4.69) is 10.3 Å². The maximum Gasteiger partial charge on any atom is 0.273 e. The Kier molecular flexibility index (Phi) is 3.73. The average molecular weight is 384 g/mol. The van der Waals surface area contributed by atoms with E-state index in [1.54, 1.807) is 17.3 Å². The highest BCUT2D eigenvalue weighted by atomic mass is 32.1. The van der Waals surface area contributed by atoms with Crippen molar-refractivity contribution in [1.29, 1.82) is 0 Å². The Bertz CT molecular complexity index is 901. The molecule has 0 bridgehead atoms. The predicted molar refractivity (Wildman–Crippen MR) is 100 cm³/mol. The van der Waals surface area contributed by atoms with Crippen LogP contribution in [0.4, 0.5) is 5.13 Å². The van der Waals surface area contributed by atoms with Gasteiger partial charge in [-0.1, -0.05) is 30.3 Å². The second-order valence-corrected chi connectivity index (χ2v) is 7.96. The van der Waals surface area contributed by atoms with Crippen LogP contribution in [-0.2, 0) is 9.53 Å². The summed E-state index contributed by atoms with van der Waals surface area (Å²) in [4.78, 5) is 33.9. The lowest BCUT2D eigenvalue weighted by atomic mass is 10.0. The molecule has 0 radical (unpaired) electrons. The third-order valence-corrected chi connectivity index (χ3v) is 6.70. The van der Waals surface area contributed by atoms with E-state index < -0.39 is 5.72 Å². The summed E-state index contributed by atoms with van der Waals surface area (Å²) >= 11 is 1.40. The molecule has 2 amide bonds.